The van der Waals surface area contributed by atoms with Crippen molar-refractivity contribution < 1.29 is 23.0 Å². The van der Waals surface area contributed by atoms with Crippen LogP contribution in [0.5, 0.6) is 0 Å². The lowest BCUT2D eigenvalue weighted by atomic mass is 10.0. The maximum Gasteiger partial charge on any atom is 0.416 e. The zero-order valence-electron chi connectivity index (χ0n) is 13.4. The molecule has 134 valence electrons. The molecule has 2 atom stereocenters. The zero-order chi connectivity index (χ0) is 17.2. The Bertz CT molecular complexity index is 549. The summed E-state index contributed by atoms with van der Waals surface area (Å²) in [6.07, 6.45) is -3.16. The highest BCUT2D eigenvalue weighted by Crippen LogP contribution is 2.34. The van der Waals surface area contributed by atoms with Crippen LogP contribution < -0.4 is 5.32 Å². The van der Waals surface area contributed by atoms with E-state index in [0.29, 0.717) is 19.2 Å². The highest BCUT2D eigenvalue weighted by Gasteiger charge is 2.35. The van der Waals surface area contributed by atoms with Crippen LogP contribution in [0.4, 0.5) is 13.2 Å². The minimum absolute atomic E-state index is 0.0180. The van der Waals surface area contributed by atoms with Crippen molar-refractivity contribution in [1.29, 1.82) is 0 Å². The third kappa shape index (κ3) is 4.47. The van der Waals surface area contributed by atoms with E-state index in [4.69, 9.17) is 4.74 Å². The minimum Gasteiger partial charge on any atom is -0.387 e. The molecule has 2 fully saturated rings. The summed E-state index contributed by atoms with van der Waals surface area (Å²) in [7, 11) is 0. The monoisotopic (exact) mass is 344 g/mol. The van der Waals surface area contributed by atoms with E-state index in [9.17, 15) is 18.3 Å². The Morgan fingerprint density at radius 1 is 1.29 bits per heavy atom. The molecule has 3 rings (SSSR count). The molecule has 2 N–H and O–H groups in total. The summed E-state index contributed by atoms with van der Waals surface area (Å²) in [6, 6.07) is 5.83. The smallest absolute Gasteiger partial charge is 0.387 e. The van der Waals surface area contributed by atoms with Crippen molar-refractivity contribution in [3.63, 3.8) is 0 Å². The summed E-state index contributed by atoms with van der Waals surface area (Å²) < 4.78 is 44.7. The Labute approximate surface area is 139 Å². The van der Waals surface area contributed by atoms with Crippen molar-refractivity contribution in [3.05, 3.63) is 35.4 Å². The van der Waals surface area contributed by atoms with Gasteiger partial charge >= 0.3 is 6.18 Å². The number of nitrogens with zero attached hydrogens (tertiary/aromatic N) is 1. The number of rotatable bonds is 6. The molecule has 24 heavy (non-hydrogen) atoms. The summed E-state index contributed by atoms with van der Waals surface area (Å²) in [5, 5.41) is 13.2. The van der Waals surface area contributed by atoms with Crippen LogP contribution in [-0.4, -0.2) is 54.9 Å². The Kier molecular flexibility index (Phi) is 5.44. The first kappa shape index (κ1) is 17.7. The predicted octanol–water partition coefficient (Wildman–Crippen LogP) is 2.19. The second kappa shape index (κ2) is 7.39. The van der Waals surface area contributed by atoms with E-state index in [2.05, 4.69) is 10.2 Å². The summed E-state index contributed by atoms with van der Waals surface area (Å²) in [4.78, 5) is 2.41. The lowest BCUT2D eigenvalue weighted by Crippen LogP contribution is -2.47. The van der Waals surface area contributed by atoms with Crippen LogP contribution in [0.15, 0.2) is 24.3 Å². The molecule has 0 radical (unpaired) electrons. The van der Waals surface area contributed by atoms with Gasteiger partial charge in [-0.2, -0.15) is 13.2 Å². The molecule has 1 aromatic carbocycles. The Morgan fingerprint density at radius 3 is 2.75 bits per heavy atom. The van der Waals surface area contributed by atoms with E-state index in [0.717, 1.165) is 19.2 Å². The van der Waals surface area contributed by atoms with Crippen LogP contribution in [0.25, 0.3) is 0 Å². The van der Waals surface area contributed by atoms with Gasteiger partial charge in [-0.3, -0.25) is 4.90 Å². The minimum atomic E-state index is -4.46. The SMILES string of the molecule is O[C@H](CNC[C@H]1CN(C2CC2)CCO1)c1ccccc1C(F)(F)F. The molecule has 0 amide bonds. The Balaban J connectivity index is 1.50. The van der Waals surface area contributed by atoms with Gasteiger partial charge in [0, 0.05) is 32.2 Å². The normalized spacial score (nSPS) is 24.1. The summed E-state index contributed by atoms with van der Waals surface area (Å²) >= 11 is 0. The highest BCUT2D eigenvalue weighted by molar-refractivity contribution is 5.31. The molecule has 4 nitrogen and oxygen atoms in total. The molecule has 7 heteroatoms. The Hall–Kier alpha value is -1.15. The van der Waals surface area contributed by atoms with Gasteiger partial charge in [-0.1, -0.05) is 18.2 Å². The van der Waals surface area contributed by atoms with E-state index >= 15 is 0 Å². The topological polar surface area (TPSA) is 44.7 Å². The van der Waals surface area contributed by atoms with Gasteiger partial charge in [0.25, 0.3) is 0 Å². The van der Waals surface area contributed by atoms with Crippen molar-refractivity contribution in [2.75, 3.05) is 32.8 Å². The number of morpholine rings is 1. The number of nitrogens with one attached hydrogen (secondary N) is 1. The summed E-state index contributed by atoms with van der Waals surface area (Å²) in [5.41, 5.74) is -0.880. The van der Waals surface area contributed by atoms with Gasteiger partial charge in [-0.05, 0) is 24.5 Å². The van der Waals surface area contributed by atoms with E-state index in [-0.39, 0.29) is 18.2 Å². The third-order valence-corrected chi connectivity index (χ3v) is 4.57. The molecule has 1 aliphatic carbocycles. The number of alkyl halides is 3. The van der Waals surface area contributed by atoms with E-state index in [1.807, 2.05) is 0 Å². The van der Waals surface area contributed by atoms with E-state index in [1.54, 1.807) is 0 Å². The number of hydrogen-bond acceptors (Lipinski definition) is 4. The second-order valence-electron chi connectivity index (χ2n) is 6.48. The predicted molar refractivity (Wildman–Crippen MR) is 83.6 cm³/mol. The van der Waals surface area contributed by atoms with Crippen LogP contribution >= 0.6 is 0 Å². The largest absolute Gasteiger partial charge is 0.416 e. The van der Waals surface area contributed by atoms with Crippen molar-refractivity contribution in [2.24, 2.45) is 0 Å². The molecule has 1 saturated carbocycles. The molecule has 1 saturated heterocycles. The average molecular weight is 344 g/mol. The van der Waals surface area contributed by atoms with Crippen LogP contribution in [-0.2, 0) is 10.9 Å². The molecular weight excluding hydrogens is 321 g/mol. The van der Waals surface area contributed by atoms with Gasteiger partial charge < -0.3 is 15.2 Å². The molecule has 0 spiro atoms. The number of aliphatic hydroxyl groups is 1. The van der Waals surface area contributed by atoms with Gasteiger partial charge in [0.05, 0.1) is 24.4 Å². The number of halogens is 3. The molecule has 1 aromatic rings. The maximum atomic E-state index is 13.0. The molecule has 2 aliphatic rings. The van der Waals surface area contributed by atoms with Gasteiger partial charge in [0.1, 0.15) is 0 Å². The van der Waals surface area contributed by atoms with Gasteiger partial charge in [0.2, 0.25) is 0 Å². The molecule has 1 heterocycles. The van der Waals surface area contributed by atoms with Crippen molar-refractivity contribution in [2.45, 2.75) is 37.3 Å². The molecule has 0 bridgehead atoms. The van der Waals surface area contributed by atoms with E-state index < -0.39 is 17.8 Å². The number of benzene rings is 1. The van der Waals surface area contributed by atoms with Crippen LogP contribution in [0.2, 0.25) is 0 Å². The summed E-state index contributed by atoms with van der Waals surface area (Å²) in [5.74, 6) is 0. The van der Waals surface area contributed by atoms with E-state index in [1.165, 1.54) is 31.0 Å². The molecule has 1 aliphatic heterocycles. The lowest BCUT2D eigenvalue weighted by Gasteiger charge is -2.33. The molecule has 0 aromatic heterocycles. The maximum absolute atomic E-state index is 13.0. The number of hydrogen-bond donors (Lipinski definition) is 2. The quantitative estimate of drug-likeness (QED) is 0.830. The zero-order valence-corrected chi connectivity index (χ0v) is 13.4. The van der Waals surface area contributed by atoms with Gasteiger partial charge in [0.15, 0.2) is 0 Å². The first-order valence-electron chi connectivity index (χ1n) is 8.35. The standard InChI is InChI=1S/C17H23F3N2O2/c18-17(19,20)15-4-2-1-3-14(15)16(23)10-21-9-13-11-22(7-8-24-13)12-5-6-12/h1-4,12-13,16,21,23H,5-11H2/t13-,16+/m0/s1. The summed E-state index contributed by atoms with van der Waals surface area (Å²) in [6.45, 7) is 3.06. The number of aliphatic hydroxyl groups excluding tert-OH is 1. The van der Waals surface area contributed by atoms with Crippen LogP contribution in [0.3, 0.4) is 0 Å². The third-order valence-electron chi connectivity index (χ3n) is 4.57. The molecular formula is C17H23F3N2O2. The van der Waals surface area contributed by atoms with Gasteiger partial charge in [-0.25, -0.2) is 0 Å². The first-order valence-corrected chi connectivity index (χ1v) is 8.35. The highest BCUT2D eigenvalue weighted by atomic mass is 19.4. The number of ether oxygens (including phenoxy) is 1. The van der Waals surface area contributed by atoms with Crippen molar-refractivity contribution in [1.82, 2.24) is 10.2 Å². The van der Waals surface area contributed by atoms with Crippen molar-refractivity contribution >= 4 is 0 Å². The lowest BCUT2D eigenvalue weighted by molar-refractivity contribution is -0.139. The fourth-order valence-corrected chi connectivity index (χ4v) is 3.17. The first-order chi connectivity index (χ1) is 11.4. The fraction of sp³-hybridized carbons (Fsp3) is 0.647. The Morgan fingerprint density at radius 2 is 2.04 bits per heavy atom. The fourth-order valence-electron chi connectivity index (χ4n) is 3.17. The van der Waals surface area contributed by atoms with Crippen molar-refractivity contribution in [3.8, 4) is 0 Å². The average Bonchev–Trinajstić information content (AvgIpc) is 3.39. The van der Waals surface area contributed by atoms with Crippen LogP contribution in [0, 0.1) is 0 Å². The molecule has 0 unspecified atom stereocenters. The van der Waals surface area contributed by atoms with Gasteiger partial charge in [-0.15, -0.1) is 0 Å². The van der Waals surface area contributed by atoms with Crippen LogP contribution in [0.1, 0.15) is 30.1 Å². The second-order valence-corrected chi connectivity index (χ2v) is 6.48.